The summed E-state index contributed by atoms with van der Waals surface area (Å²) < 4.78 is 0. The predicted molar refractivity (Wildman–Crippen MR) is 47.4 cm³/mol. The first kappa shape index (κ1) is 8.37. The molecule has 1 rings (SSSR count). The number of nitrogens with two attached hydrogens (primary N) is 1. The van der Waals surface area contributed by atoms with Gasteiger partial charge in [0.15, 0.2) is 0 Å². The molecule has 0 amide bonds. The molecule has 1 aliphatic rings. The lowest BCUT2D eigenvalue weighted by Gasteiger charge is -2.33. The van der Waals surface area contributed by atoms with Crippen molar-refractivity contribution in [3.63, 3.8) is 0 Å². The van der Waals surface area contributed by atoms with E-state index in [0.29, 0.717) is 6.04 Å². The van der Waals surface area contributed by atoms with Crippen molar-refractivity contribution in [1.82, 2.24) is 4.90 Å². The second-order valence-corrected chi connectivity index (χ2v) is 3.74. The van der Waals surface area contributed by atoms with Crippen LogP contribution in [-0.4, -0.2) is 42.1 Å². The number of rotatable bonds is 2. The Bertz CT molecular complexity index is 85.6. The summed E-state index contributed by atoms with van der Waals surface area (Å²) >= 11 is 2.03. The lowest BCUT2D eigenvalue weighted by Crippen LogP contribution is -2.46. The van der Waals surface area contributed by atoms with Gasteiger partial charge in [-0.05, 0) is 6.54 Å². The monoisotopic (exact) mass is 160 g/mol. The molecule has 10 heavy (non-hydrogen) atoms. The molecule has 0 aliphatic carbocycles. The first-order valence-electron chi connectivity index (χ1n) is 3.90. The van der Waals surface area contributed by atoms with Gasteiger partial charge in [-0.25, -0.2) is 0 Å². The van der Waals surface area contributed by atoms with Gasteiger partial charge in [-0.15, -0.1) is 0 Å². The van der Waals surface area contributed by atoms with E-state index < -0.39 is 0 Å². The summed E-state index contributed by atoms with van der Waals surface area (Å²) in [6.45, 7) is 5.41. The molecule has 60 valence electrons. The Labute approximate surface area is 67.1 Å². The van der Waals surface area contributed by atoms with Gasteiger partial charge in [0.2, 0.25) is 0 Å². The topological polar surface area (TPSA) is 29.3 Å². The molecule has 0 saturated carbocycles. The molecule has 0 aromatic carbocycles. The summed E-state index contributed by atoms with van der Waals surface area (Å²) in [5.74, 6) is 2.51. The van der Waals surface area contributed by atoms with E-state index in [-0.39, 0.29) is 0 Å². The van der Waals surface area contributed by atoms with Gasteiger partial charge in [0.05, 0.1) is 0 Å². The summed E-state index contributed by atoms with van der Waals surface area (Å²) in [4.78, 5) is 2.47. The van der Waals surface area contributed by atoms with Gasteiger partial charge >= 0.3 is 0 Å². The Hall–Kier alpha value is 0.270. The Morgan fingerprint density at radius 3 is 3.00 bits per heavy atom. The third-order valence-electron chi connectivity index (χ3n) is 2.03. The lowest BCUT2D eigenvalue weighted by atomic mass is 10.3. The lowest BCUT2D eigenvalue weighted by molar-refractivity contribution is 0.235. The molecule has 0 aromatic heterocycles. The van der Waals surface area contributed by atoms with E-state index in [9.17, 15) is 0 Å². The molecule has 0 aromatic rings. The Morgan fingerprint density at radius 1 is 1.70 bits per heavy atom. The predicted octanol–water partition coefficient (Wildman–Crippen LogP) is 0.382. The van der Waals surface area contributed by atoms with Crippen LogP contribution in [0.1, 0.15) is 6.92 Å². The fourth-order valence-corrected chi connectivity index (χ4v) is 2.47. The van der Waals surface area contributed by atoms with Crippen LogP contribution >= 0.6 is 11.8 Å². The average Bonchev–Trinajstić information content (AvgIpc) is 2.04. The molecular formula is C7H16N2S. The fraction of sp³-hybridized carbons (Fsp3) is 1.00. The van der Waals surface area contributed by atoms with Gasteiger partial charge in [0.1, 0.15) is 0 Å². The van der Waals surface area contributed by atoms with E-state index in [1.54, 1.807) is 0 Å². The first-order valence-corrected chi connectivity index (χ1v) is 5.05. The van der Waals surface area contributed by atoms with Crippen molar-refractivity contribution in [2.45, 2.75) is 13.0 Å². The normalized spacial score (nSPS) is 28.8. The van der Waals surface area contributed by atoms with Crippen LogP contribution in [0.15, 0.2) is 0 Å². The largest absolute Gasteiger partial charge is 0.329 e. The molecule has 0 bridgehead atoms. The molecule has 0 spiro atoms. The standard InChI is InChI=1S/C7H16N2S/c1-2-9-3-4-10-6-7(9)5-8/h7H,2-6,8H2,1H3. The Morgan fingerprint density at radius 2 is 2.50 bits per heavy atom. The van der Waals surface area contributed by atoms with Crippen molar-refractivity contribution in [3.8, 4) is 0 Å². The minimum atomic E-state index is 0.642. The Balaban J connectivity index is 2.34. The minimum absolute atomic E-state index is 0.642. The molecule has 1 heterocycles. The van der Waals surface area contributed by atoms with Crippen LogP contribution in [0.2, 0.25) is 0 Å². The summed E-state index contributed by atoms with van der Waals surface area (Å²) in [7, 11) is 0. The number of thioether (sulfide) groups is 1. The maximum Gasteiger partial charge on any atom is 0.0309 e. The average molecular weight is 160 g/mol. The van der Waals surface area contributed by atoms with Crippen LogP contribution in [0.4, 0.5) is 0 Å². The summed E-state index contributed by atoms with van der Waals surface area (Å²) in [5, 5.41) is 0. The van der Waals surface area contributed by atoms with Gasteiger partial charge in [0.25, 0.3) is 0 Å². The van der Waals surface area contributed by atoms with Crippen LogP contribution in [0.3, 0.4) is 0 Å². The minimum Gasteiger partial charge on any atom is -0.329 e. The highest BCUT2D eigenvalue weighted by molar-refractivity contribution is 7.99. The van der Waals surface area contributed by atoms with Crippen LogP contribution in [0.5, 0.6) is 0 Å². The molecule has 0 radical (unpaired) electrons. The van der Waals surface area contributed by atoms with Crippen LogP contribution in [0.25, 0.3) is 0 Å². The van der Waals surface area contributed by atoms with Crippen molar-refractivity contribution in [1.29, 1.82) is 0 Å². The number of nitrogens with zero attached hydrogens (tertiary/aromatic N) is 1. The molecule has 3 heteroatoms. The van der Waals surface area contributed by atoms with E-state index in [2.05, 4.69) is 11.8 Å². The number of hydrogen-bond donors (Lipinski definition) is 1. The van der Waals surface area contributed by atoms with Crippen molar-refractivity contribution in [2.24, 2.45) is 5.73 Å². The van der Waals surface area contributed by atoms with Gasteiger partial charge < -0.3 is 5.73 Å². The zero-order chi connectivity index (χ0) is 7.40. The van der Waals surface area contributed by atoms with Crippen LogP contribution in [-0.2, 0) is 0 Å². The highest BCUT2D eigenvalue weighted by Gasteiger charge is 2.18. The third-order valence-corrected chi connectivity index (χ3v) is 3.12. The molecule has 1 atom stereocenters. The highest BCUT2D eigenvalue weighted by Crippen LogP contribution is 2.14. The Kier molecular flexibility index (Phi) is 3.52. The smallest absolute Gasteiger partial charge is 0.0309 e. The van der Waals surface area contributed by atoms with Crippen molar-refractivity contribution >= 4 is 11.8 Å². The molecule has 1 aliphatic heterocycles. The fourth-order valence-electron chi connectivity index (χ4n) is 1.32. The second kappa shape index (κ2) is 4.21. The van der Waals surface area contributed by atoms with Gasteiger partial charge in [-0.1, -0.05) is 6.92 Å². The molecular weight excluding hydrogens is 144 g/mol. The SMILES string of the molecule is CCN1CCSCC1CN. The molecule has 1 fully saturated rings. The van der Waals surface area contributed by atoms with Crippen molar-refractivity contribution in [2.75, 3.05) is 31.1 Å². The van der Waals surface area contributed by atoms with E-state index in [1.807, 2.05) is 11.8 Å². The zero-order valence-electron chi connectivity index (χ0n) is 6.55. The third kappa shape index (κ3) is 1.87. The maximum atomic E-state index is 5.61. The number of likely N-dealkylation sites (N-methyl/N-ethyl adjacent to an activating group) is 1. The summed E-state index contributed by atoms with van der Waals surface area (Å²) in [6, 6.07) is 0.642. The summed E-state index contributed by atoms with van der Waals surface area (Å²) in [6.07, 6.45) is 0. The molecule has 2 nitrogen and oxygen atoms in total. The van der Waals surface area contributed by atoms with E-state index >= 15 is 0 Å². The second-order valence-electron chi connectivity index (χ2n) is 2.59. The van der Waals surface area contributed by atoms with Gasteiger partial charge in [0, 0.05) is 30.6 Å². The maximum absolute atomic E-state index is 5.61. The quantitative estimate of drug-likeness (QED) is 0.633. The highest BCUT2D eigenvalue weighted by atomic mass is 32.2. The summed E-state index contributed by atoms with van der Waals surface area (Å²) in [5.41, 5.74) is 5.61. The van der Waals surface area contributed by atoms with Crippen LogP contribution < -0.4 is 5.73 Å². The van der Waals surface area contributed by atoms with Crippen LogP contribution in [0, 0.1) is 0 Å². The zero-order valence-corrected chi connectivity index (χ0v) is 7.36. The molecule has 2 N–H and O–H groups in total. The van der Waals surface area contributed by atoms with Crippen molar-refractivity contribution in [3.05, 3.63) is 0 Å². The van der Waals surface area contributed by atoms with Gasteiger partial charge in [-0.2, -0.15) is 11.8 Å². The van der Waals surface area contributed by atoms with E-state index in [1.165, 1.54) is 18.1 Å². The number of hydrogen-bond acceptors (Lipinski definition) is 3. The van der Waals surface area contributed by atoms with E-state index in [4.69, 9.17) is 5.73 Å². The van der Waals surface area contributed by atoms with E-state index in [0.717, 1.165) is 13.1 Å². The van der Waals surface area contributed by atoms with Crippen molar-refractivity contribution < 1.29 is 0 Å². The van der Waals surface area contributed by atoms with Gasteiger partial charge in [-0.3, -0.25) is 4.90 Å². The molecule has 1 saturated heterocycles. The molecule has 1 unspecified atom stereocenters. The first-order chi connectivity index (χ1) is 4.88.